The molecule has 2 N–H and O–H groups in total. The zero-order chi connectivity index (χ0) is 15.7. The van der Waals surface area contributed by atoms with Gasteiger partial charge in [0, 0.05) is 11.6 Å². The van der Waals surface area contributed by atoms with Gasteiger partial charge in [0.25, 0.3) is 0 Å². The monoisotopic (exact) mass is 295 g/mol. The maximum atomic E-state index is 13.5. The molecule has 116 valence electrons. The lowest BCUT2D eigenvalue weighted by molar-refractivity contribution is -0.0969. The summed E-state index contributed by atoms with van der Waals surface area (Å²) in [6.45, 7) is 8.90. The molecule has 1 rings (SSSR count). The maximum Gasteiger partial charge on any atom is 0.412 e. The van der Waals surface area contributed by atoms with Gasteiger partial charge < -0.3 is 10.4 Å². The number of alkyl halides is 4. The van der Waals surface area contributed by atoms with Crippen molar-refractivity contribution in [2.45, 2.75) is 58.0 Å². The van der Waals surface area contributed by atoms with Gasteiger partial charge in [0.1, 0.15) is 11.9 Å². The third-order valence-electron chi connectivity index (χ3n) is 3.32. The maximum absolute atomic E-state index is 13.5. The fourth-order valence-corrected chi connectivity index (χ4v) is 2.39. The van der Waals surface area contributed by atoms with E-state index in [2.05, 4.69) is 11.9 Å². The first kappa shape index (κ1) is 17.0. The van der Waals surface area contributed by atoms with E-state index in [9.17, 15) is 22.7 Å². The quantitative estimate of drug-likeness (QED) is 0.467. The zero-order valence-electron chi connectivity index (χ0n) is 11.9. The lowest BCUT2D eigenvalue weighted by Crippen LogP contribution is -2.49. The van der Waals surface area contributed by atoms with Crippen molar-refractivity contribution in [2.75, 3.05) is 0 Å². The van der Waals surface area contributed by atoms with Gasteiger partial charge in [-0.2, -0.15) is 13.2 Å². The second-order valence-corrected chi connectivity index (χ2v) is 6.30. The number of allylic oxidation sites excluding steroid dienone is 1. The molecule has 20 heavy (non-hydrogen) atoms. The molecule has 0 aliphatic heterocycles. The molecule has 0 aromatic carbocycles. The van der Waals surface area contributed by atoms with E-state index in [4.69, 9.17) is 0 Å². The molecule has 3 atom stereocenters. The van der Waals surface area contributed by atoms with Crippen LogP contribution < -0.4 is 5.32 Å². The molecule has 3 unspecified atom stereocenters. The molecule has 1 aliphatic carbocycles. The van der Waals surface area contributed by atoms with Crippen LogP contribution in [0.1, 0.15) is 33.6 Å². The molecule has 0 fully saturated rings. The molecule has 6 heteroatoms. The Bertz CT molecular complexity index is 395. The van der Waals surface area contributed by atoms with Gasteiger partial charge in [0.05, 0.1) is 6.04 Å². The van der Waals surface area contributed by atoms with Crippen LogP contribution in [-0.4, -0.2) is 29.5 Å². The fraction of sp³-hybridized carbons (Fsp3) is 0.714. The van der Waals surface area contributed by atoms with E-state index in [1.165, 1.54) is 0 Å². The molecular weight excluding hydrogens is 274 g/mol. The number of nitrogens with one attached hydrogen (secondary N) is 1. The summed E-state index contributed by atoms with van der Waals surface area (Å²) in [6, 6.07) is -1.27. The summed E-state index contributed by atoms with van der Waals surface area (Å²) in [5.41, 5.74) is -1.29. The molecular formula is C14H21F4NO. The van der Waals surface area contributed by atoms with Crippen LogP contribution in [0.3, 0.4) is 0 Å². The van der Waals surface area contributed by atoms with Crippen molar-refractivity contribution < 1.29 is 22.7 Å². The van der Waals surface area contributed by atoms with Crippen LogP contribution in [-0.2, 0) is 0 Å². The summed E-state index contributed by atoms with van der Waals surface area (Å²) < 4.78 is 51.5. The van der Waals surface area contributed by atoms with Crippen molar-refractivity contribution >= 4 is 0 Å². The van der Waals surface area contributed by atoms with E-state index >= 15 is 0 Å². The van der Waals surface area contributed by atoms with Gasteiger partial charge in [-0.1, -0.05) is 27.4 Å². The van der Waals surface area contributed by atoms with Crippen molar-refractivity contribution in [3.05, 3.63) is 24.0 Å². The summed E-state index contributed by atoms with van der Waals surface area (Å²) in [7, 11) is 0. The summed E-state index contributed by atoms with van der Waals surface area (Å²) in [5.74, 6) is -0.156. The molecule has 0 spiro atoms. The second kappa shape index (κ2) is 5.76. The number of hydrogen-bond acceptors (Lipinski definition) is 2. The Morgan fingerprint density at radius 2 is 1.95 bits per heavy atom. The van der Waals surface area contributed by atoms with E-state index < -0.39 is 35.4 Å². The van der Waals surface area contributed by atoms with Gasteiger partial charge in [-0.3, -0.25) is 0 Å². The first-order valence-electron chi connectivity index (χ1n) is 6.47. The topological polar surface area (TPSA) is 32.3 Å². The summed E-state index contributed by atoms with van der Waals surface area (Å²) in [4.78, 5) is 0. The number of aliphatic hydroxyl groups is 1. The van der Waals surface area contributed by atoms with E-state index in [1.54, 1.807) is 0 Å². The van der Waals surface area contributed by atoms with Crippen molar-refractivity contribution in [2.24, 2.45) is 5.41 Å². The van der Waals surface area contributed by atoms with E-state index in [0.29, 0.717) is 6.08 Å². The minimum atomic E-state index is -4.52. The average Bonchev–Trinajstić information content (AvgIpc) is 2.21. The van der Waals surface area contributed by atoms with E-state index in [0.717, 1.165) is 0 Å². The minimum Gasteiger partial charge on any atom is -0.511 e. The molecule has 0 aromatic heterocycles. The van der Waals surface area contributed by atoms with Gasteiger partial charge in [-0.05, 0) is 24.3 Å². The Morgan fingerprint density at radius 1 is 1.40 bits per heavy atom. The Hall–Kier alpha value is -1.04. The Kier molecular flexibility index (Phi) is 4.90. The van der Waals surface area contributed by atoms with Crippen LogP contribution in [0.15, 0.2) is 24.0 Å². The number of hydrogen-bond donors (Lipinski definition) is 2. The normalized spacial score (nSPS) is 26.1. The zero-order valence-corrected chi connectivity index (χ0v) is 11.9. The molecule has 0 saturated carbocycles. The molecule has 1 aliphatic rings. The van der Waals surface area contributed by atoms with E-state index in [-0.39, 0.29) is 18.6 Å². The number of rotatable bonds is 3. The first-order chi connectivity index (χ1) is 8.91. The van der Waals surface area contributed by atoms with E-state index in [1.807, 2.05) is 20.8 Å². The highest BCUT2D eigenvalue weighted by atomic mass is 19.4. The molecule has 0 radical (unpaired) electrons. The number of halogens is 4. The Balaban J connectivity index is 2.84. The van der Waals surface area contributed by atoms with Gasteiger partial charge in [0.2, 0.25) is 0 Å². The first-order valence-corrected chi connectivity index (χ1v) is 6.47. The van der Waals surface area contributed by atoms with Crippen LogP contribution in [0.25, 0.3) is 0 Å². The van der Waals surface area contributed by atoms with Crippen LogP contribution in [0.4, 0.5) is 17.6 Å². The molecule has 0 aromatic rings. The van der Waals surface area contributed by atoms with Gasteiger partial charge in [0.15, 0.2) is 0 Å². The summed E-state index contributed by atoms with van der Waals surface area (Å²) >= 11 is 0. The van der Waals surface area contributed by atoms with Crippen LogP contribution in [0.5, 0.6) is 0 Å². The van der Waals surface area contributed by atoms with Crippen LogP contribution in [0.2, 0.25) is 0 Å². The summed E-state index contributed by atoms with van der Waals surface area (Å²) in [5, 5.41) is 12.5. The van der Waals surface area contributed by atoms with Crippen LogP contribution in [0, 0.1) is 5.41 Å². The highest BCUT2D eigenvalue weighted by molar-refractivity contribution is 5.18. The molecule has 0 saturated heterocycles. The Morgan fingerprint density at radius 3 is 2.35 bits per heavy atom. The highest BCUT2D eigenvalue weighted by Gasteiger charge is 2.40. The lowest BCUT2D eigenvalue weighted by Gasteiger charge is -2.36. The highest BCUT2D eigenvalue weighted by Crippen LogP contribution is 2.35. The van der Waals surface area contributed by atoms with Gasteiger partial charge in [-0.15, -0.1) is 0 Å². The smallest absolute Gasteiger partial charge is 0.412 e. The minimum absolute atomic E-state index is 0.0422. The number of aliphatic hydroxyl groups excluding tert-OH is 1. The van der Waals surface area contributed by atoms with Gasteiger partial charge in [-0.25, -0.2) is 4.39 Å². The fourth-order valence-electron chi connectivity index (χ4n) is 2.39. The SMILES string of the molecule is C=C(O)C(NC1CC(C(F)(F)F)=CC(F)C1)C(C)(C)C. The van der Waals surface area contributed by atoms with Crippen molar-refractivity contribution in [3.8, 4) is 0 Å². The predicted octanol–water partition coefficient (Wildman–Crippen LogP) is 4.05. The van der Waals surface area contributed by atoms with Crippen molar-refractivity contribution in [1.82, 2.24) is 5.32 Å². The third-order valence-corrected chi connectivity index (χ3v) is 3.32. The van der Waals surface area contributed by atoms with Crippen molar-refractivity contribution in [3.63, 3.8) is 0 Å². The molecule has 2 nitrogen and oxygen atoms in total. The average molecular weight is 295 g/mol. The van der Waals surface area contributed by atoms with Crippen molar-refractivity contribution in [1.29, 1.82) is 0 Å². The third kappa shape index (κ3) is 4.51. The molecule has 0 bridgehead atoms. The summed E-state index contributed by atoms with van der Waals surface area (Å²) in [6.07, 6.45) is -5.86. The molecule has 0 amide bonds. The Labute approximate surface area is 116 Å². The lowest BCUT2D eigenvalue weighted by atomic mass is 9.83. The standard InChI is InChI=1S/C14H21F4NO/c1-8(20)12(13(2,3)4)19-11-6-9(14(16,17)18)5-10(15)7-11/h5,10-12,19-20H,1,6-7H2,2-4H3. The van der Waals surface area contributed by atoms with Gasteiger partial charge >= 0.3 is 6.18 Å². The largest absolute Gasteiger partial charge is 0.511 e. The van der Waals surface area contributed by atoms with Crippen LogP contribution >= 0.6 is 0 Å². The predicted molar refractivity (Wildman–Crippen MR) is 70.2 cm³/mol. The second-order valence-electron chi connectivity index (χ2n) is 6.30. The molecule has 0 heterocycles.